The van der Waals surface area contributed by atoms with Gasteiger partial charge < -0.3 is 50.4 Å². The SMILES string of the molecule is COc1ccc(C[C@@H](C(=O)N[C@@H](C)C(=O)N(C)[C@H]2CC3=CC=C(CC3)Oc3cc(ccc3OC)C[C@@H](C(=O)OCc3ccccc3)NC2=O)N(C)C(=O)[C@H](C)NC(=O)[C@@H](C)N)cc1F. The van der Waals surface area contributed by atoms with Gasteiger partial charge in [-0.1, -0.05) is 54.1 Å². The predicted octanol–water partition coefficient (Wildman–Crippen LogP) is 3.25. The van der Waals surface area contributed by atoms with Crippen LogP contribution in [0.1, 0.15) is 56.7 Å². The number of benzene rings is 3. The van der Waals surface area contributed by atoms with Gasteiger partial charge >= 0.3 is 5.97 Å². The molecule has 5 amide bonds. The largest absolute Gasteiger partial charge is 0.494 e. The maximum atomic E-state index is 14.8. The molecule has 0 spiro atoms. The lowest BCUT2D eigenvalue weighted by Crippen LogP contribution is -2.59. The molecule has 16 nitrogen and oxygen atoms in total. The van der Waals surface area contributed by atoms with Gasteiger partial charge in [0.25, 0.3) is 0 Å². The molecular weight excluding hydrogens is 828 g/mol. The molecule has 0 unspecified atom stereocenters. The Morgan fingerprint density at radius 3 is 2.16 bits per heavy atom. The molecule has 17 heteroatoms. The van der Waals surface area contributed by atoms with Gasteiger partial charge in [-0.2, -0.15) is 0 Å². The molecule has 5 N–H and O–H groups in total. The van der Waals surface area contributed by atoms with Crippen molar-refractivity contribution < 1.29 is 52.1 Å². The van der Waals surface area contributed by atoms with E-state index in [0.29, 0.717) is 41.2 Å². The summed E-state index contributed by atoms with van der Waals surface area (Å²) in [5.41, 5.74) is 8.23. The van der Waals surface area contributed by atoms with E-state index in [4.69, 9.17) is 24.7 Å². The van der Waals surface area contributed by atoms with Gasteiger partial charge in [-0.05, 0) is 80.6 Å². The van der Waals surface area contributed by atoms with Crippen molar-refractivity contribution in [2.24, 2.45) is 5.73 Å². The summed E-state index contributed by atoms with van der Waals surface area (Å²) in [6, 6.07) is 11.5. The lowest BCUT2D eigenvalue weighted by atomic mass is 9.95. The number of allylic oxidation sites excluding steroid dienone is 3. The summed E-state index contributed by atoms with van der Waals surface area (Å²) in [5.74, 6) is -3.14. The van der Waals surface area contributed by atoms with E-state index in [1.807, 2.05) is 24.3 Å². The van der Waals surface area contributed by atoms with E-state index < -0.39 is 77.6 Å². The summed E-state index contributed by atoms with van der Waals surface area (Å²) >= 11 is 0. The number of carbonyl (C=O) groups is 6. The van der Waals surface area contributed by atoms with Crippen molar-refractivity contribution in [3.05, 3.63) is 113 Å². The van der Waals surface area contributed by atoms with Gasteiger partial charge in [-0.25, -0.2) is 9.18 Å². The molecule has 2 heterocycles. The van der Waals surface area contributed by atoms with E-state index >= 15 is 0 Å². The third-order valence-corrected chi connectivity index (χ3v) is 11.1. The van der Waals surface area contributed by atoms with Crippen molar-refractivity contribution >= 4 is 35.5 Å². The molecule has 3 aromatic rings. The summed E-state index contributed by atoms with van der Waals surface area (Å²) in [4.78, 5) is 85.1. The number of nitrogens with zero attached hydrogens (tertiary/aromatic N) is 2. The highest BCUT2D eigenvalue weighted by Gasteiger charge is 2.37. The monoisotopic (exact) mass is 884 g/mol. The minimum absolute atomic E-state index is 0.0115. The molecule has 0 aromatic heterocycles. The molecule has 0 saturated carbocycles. The standard InChI is InChI=1S/C47H57FN6O10/c1-27(49)42(55)50-28(2)45(58)54(5)38(24-32-15-19-39(61-6)35(48)21-32)43(56)51-29(3)46(59)53(4)37-23-30-13-17-34(18-14-30)64-41-25-33(16-20-40(41)62-7)22-36(52-44(37)57)47(60)63-26-31-11-9-8-10-12-31/h8-13,15-17,19-21,25,27-29,36-38H,14,18,22-24,26,49H2,1-7H3,(H,50,55)(H,51,56)(H,52,57)/t27-,28+,29+,36+,37+,38+/m1/s1. The molecule has 0 fully saturated rings. The maximum absolute atomic E-state index is 14.8. The number of rotatable bonds is 15. The number of amides is 5. The highest BCUT2D eigenvalue weighted by Crippen LogP contribution is 2.33. The van der Waals surface area contributed by atoms with Gasteiger partial charge in [0, 0.05) is 33.4 Å². The fourth-order valence-corrected chi connectivity index (χ4v) is 7.33. The Morgan fingerprint density at radius 1 is 0.844 bits per heavy atom. The van der Waals surface area contributed by atoms with Crippen LogP contribution in [0, 0.1) is 5.82 Å². The molecule has 1 aliphatic carbocycles. The minimum atomic E-state index is -1.30. The van der Waals surface area contributed by atoms with Crippen LogP contribution in [-0.2, 0) is 53.0 Å². The van der Waals surface area contributed by atoms with Crippen LogP contribution in [0.4, 0.5) is 4.39 Å². The number of hydrogen-bond acceptors (Lipinski definition) is 11. The zero-order valence-electron chi connectivity index (χ0n) is 37.1. The normalized spacial score (nSPS) is 17.9. The number of nitrogens with one attached hydrogen (secondary N) is 3. The van der Waals surface area contributed by atoms with Crippen molar-refractivity contribution in [2.75, 3.05) is 28.3 Å². The molecule has 3 aromatic carbocycles. The average molecular weight is 885 g/mol. The van der Waals surface area contributed by atoms with Crippen LogP contribution in [0.25, 0.3) is 0 Å². The van der Waals surface area contributed by atoms with Gasteiger partial charge in [0.05, 0.1) is 20.3 Å². The second-order valence-electron chi connectivity index (χ2n) is 16.0. The number of likely N-dealkylation sites (N-methyl/N-ethyl adjacent to an activating group) is 2. The fourth-order valence-electron chi connectivity index (χ4n) is 7.33. The third-order valence-electron chi connectivity index (χ3n) is 11.1. The second-order valence-corrected chi connectivity index (χ2v) is 16.0. The van der Waals surface area contributed by atoms with Crippen LogP contribution < -0.4 is 35.9 Å². The van der Waals surface area contributed by atoms with Crippen LogP contribution in [0.2, 0.25) is 0 Å². The summed E-state index contributed by atoms with van der Waals surface area (Å²) in [7, 11) is 5.63. The van der Waals surface area contributed by atoms with Crippen molar-refractivity contribution in [3.63, 3.8) is 0 Å². The van der Waals surface area contributed by atoms with Crippen LogP contribution >= 0.6 is 0 Å². The van der Waals surface area contributed by atoms with Crippen molar-refractivity contribution in [1.82, 2.24) is 25.8 Å². The van der Waals surface area contributed by atoms with Gasteiger partial charge in [-0.15, -0.1) is 0 Å². The maximum Gasteiger partial charge on any atom is 0.329 e. The van der Waals surface area contributed by atoms with Crippen molar-refractivity contribution in [3.8, 4) is 17.2 Å². The first kappa shape index (κ1) is 48.3. The number of carbonyl (C=O) groups excluding carboxylic acids is 6. The Balaban J connectivity index is 1.41. The number of halogens is 1. The van der Waals surface area contributed by atoms with Crippen LogP contribution in [0.3, 0.4) is 0 Å². The number of hydrogen-bond donors (Lipinski definition) is 4. The number of fused-ring (bicyclic) bond motifs is 7. The molecule has 64 heavy (non-hydrogen) atoms. The predicted molar refractivity (Wildman–Crippen MR) is 234 cm³/mol. The molecule has 2 aliphatic heterocycles. The van der Waals surface area contributed by atoms with E-state index in [9.17, 15) is 33.2 Å². The van der Waals surface area contributed by atoms with Gasteiger partial charge in [0.15, 0.2) is 23.1 Å². The Hall–Kier alpha value is -6.75. The average Bonchev–Trinajstić information content (AvgIpc) is 3.28. The highest BCUT2D eigenvalue weighted by atomic mass is 19.1. The zero-order chi connectivity index (χ0) is 46.7. The Bertz CT molecular complexity index is 2270. The lowest BCUT2D eigenvalue weighted by molar-refractivity contribution is -0.150. The van der Waals surface area contributed by atoms with Crippen molar-refractivity contribution in [1.29, 1.82) is 0 Å². The number of ether oxygens (including phenoxy) is 4. The topological polar surface area (TPSA) is 208 Å². The molecule has 3 aliphatic rings. The highest BCUT2D eigenvalue weighted by molar-refractivity contribution is 5.96. The van der Waals surface area contributed by atoms with Crippen LogP contribution in [-0.4, -0.2) is 110 Å². The third kappa shape index (κ3) is 12.5. The number of nitrogens with two attached hydrogens (primary N) is 1. The molecule has 0 radical (unpaired) electrons. The van der Waals surface area contributed by atoms with E-state index in [1.165, 1.54) is 66.1 Å². The quantitative estimate of drug-likeness (QED) is 0.163. The molecule has 4 bridgehead atoms. The lowest BCUT2D eigenvalue weighted by Gasteiger charge is -2.34. The van der Waals surface area contributed by atoms with Gasteiger partial charge in [-0.3, -0.25) is 24.0 Å². The van der Waals surface area contributed by atoms with Crippen LogP contribution in [0.15, 0.2) is 90.2 Å². The van der Waals surface area contributed by atoms with Gasteiger partial charge in [0.1, 0.15) is 42.6 Å². The first-order chi connectivity index (χ1) is 30.5. The molecule has 6 rings (SSSR count). The zero-order valence-corrected chi connectivity index (χ0v) is 37.1. The van der Waals surface area contributed by atoms with E-state index in [2.05, 4.69) is 16.0 Å². The smallest absolute Gasteiger partial charge is 0.329 e. The molecular formula is C47H57FN6O10. The number of esters is 1. The Morgan fingerprint density at radius 2 is 1.52 bits per heavy atom. The molecule has 0 saturated heterocycles. The molecule has 6 atom stereocenters. The van der Waals surface area contributed by atoms with Gasteiger partial charge in [0.2, 0.25) is 29.5 Å². The first-order valence-electron chi connectivity index (χ1n) is 21.0. The van der Waals surface area contributed by atoms with E-state index in [0.717, 1.165) is 16.0 Å². The summed E-state index contributed by atoms with van der Waals surface area (Å²) in [6.45, 7) is 4.29. The summed E-state index contributed by atoms with van der Waals surface area (Å²) in [6.07, 6.45) is 4.51. The molecule has 342 valence electrons. The van der Waals surface area contributed by atoms with E-state index in [1.54, 1.807) is 42.5 Å². The number of methoxy groups -OCH3 is 2. The van der Waals surface area contributed by atoms with Crippen molar-refractivity contribution in [2.45, 2.75) is 95.7 Å². The second kappa shape index (κ2) is 22.0. The minimum Gasteiger partial charge on any atom is -0.494 e. The van der Waals surface area contributed by atoms with E-state index in [-0.39, 0.29) is 31.6 Å². The summed E-state index contributed by atoms with van der Waals surface area (Å²) < 4.78 is 37.4. The Labute approximate surface area is 372 Å². The van der Waals surface area contributed by atoms with Crippen LogP contribution in [0.5, 0.6) is 17.2 Å². The first-order valence-corrected chi connectivity index (χ1v) is 21.0. The summed E-state index contributed by atoms with van der Waals surface area (Å²) in [5, 5.41) is 8.06. The Kier molecular flexibility index (Phi) is 16.6. The fraction of sp³-hybridized carbons (Fsp3) is 0.404.